The van der Waals surface area contributed by atoms with Gasteiger partial charge in [0.15, 0.2) is 0 Å². The predicted octanol–water partition coefficient (Wildman–Crippen LogP) is 5.30. The summed E-state index contributed by atoms with van der Waals surface area (Å²) in [5.41, 5.74) is 6.81. The molecule has 2 rings (SSSR count). The van der Waals surface area contributed by atoms with Crippen LogP contribution in [0.4, 0.5) is 8.78 Å². The van der Waals surface area contributed by atoms with E-state index in [1.807, 2.05) is 6.07 Å². The molecule has 19 heavy (non-hydrogen) atoms. The molecule has 0 saturated carbocycles. The summed E-state index contributed by atoms with van der Waals surface area (Å²) in [5.74, 6) is -1.09. The molecule has 2 aromatic rings. The highest BCUT2D eigenvalue weighted by Crippen LogP contribution is 2.30. The zero-order valence-electron chi connectivity index (χ0n) is 9.43. The van der Waals surface area contributed by atoms with Gasteiger partial charge in [-0.05, 0) is 51.8 Å². The van der Waals surface area contributed by atoms with Crippen LogP contribution in [-0.2, 0) is 0 Å². The molecule has 1 atom stereocenters. The first kappa shape index (κ1) is 15.1. The highest BCUT2D eigenvalue weighted by Gasteiger charge is 2.17. The van der Waals surface area contributed by atoms with E-state index in [0.717, 1.165) is 21.1 Å². The number of halogens is 5. The first-order chi connectivity index (χ1) is 8.88. The molecule has 1 unspecified atom stereocenters. The maximum Gasteiger partial charge on any atom is 0.137 e. The molecule has 0 heterocycles. The van der Waals surface area contributed by atoms with Crippen LogP contribution in [0.5, 0.6) is 0 Å². The van der Waals surface area contributed by atoms with E-state index in [9.17, 15) is 8.78 Å². The standard InChI is InChI=1S/C13H8Br3F2N/c14-7-1-6(2-8(15)3-7)13(19)9-4-12(18)10(16)5-11(9)17/h1-5,13H,19H2. The van der Waals surface area contributed by atoms with Gasteiger partial charge in [-0.15, -0.1) is 0 Å². The van der Waals surface area contributed by atoms with E-state index in [-0.39, 0.29) is 10.0 Å². The van der Waals surface area contributed by atoms with Crippen molar-refractivity contribution in [1.82, 2.24) is 0 Å². The lowest BCUT2D eigenvalue weighted by atomic mass is 9.99. The minimum atomic E-state index is -0.739. The van der Waals surface area contributed by atoms with Crippen molar-refractivity contribution in [3.05, 3.63) is 66.5 Å². The van der Waals surface area contributed by atoms with E-state index >= 15 is 0 Å². The highest BCUT2D eigenvalue weighted by atomic mass is 79.9. The lowest BCUT2D eigenvalue weighted by Gasteiger charge is -2.15. The molecule has 0 amide bonds. The van der Waals surface area contributed by atoms with Crippen LogP contribution in [-0.4, -0.2) is 0 Å². The van der Waals surface area contributed by atoms with Crippen molar-refractivity contribution in [1.29, 1.82) is 0 Å². The molecule has 0 aromatic heterocycles. The third kappa shape index (κ3) is 3.42. The molecule has 0 saturated heterocycles. The predicted molar refractivity (Wildman–Crippen MR) is 81.9 cm³/mol. The van der Waals surface area contributed by atoms with Gasteiger partial charge in [0.2, 0.25) is 0 Å². The lowest BCUT2D eigenvalue weighted by molar-refractivity contribution is 0.572. The van der Waals surface area contributed by atoms with Gasteiger partial charge in [-0.1, -0.05) is 31.9 Å². The molecule has 100 valence electrons. The first-order valence-electron chi connectivity index (χ1n) is 5.24. The number of nitrogens with two attached hydrogens (primary N) is 1. The SMILES string of the molecule is NC(c1cc(Br)cc(Br)c1)c1cc(F)c(Br)cc1F. The van der Waals surface area contributed by atoms with Crippen LogP contribution in [0.2, 0.25) is 0 Å². The zero-order chi connectivity index (χ0) is 14.2. The number of rotatable bonds is 2. The van der Waals surface area contributed by atoms with E-state index in [0.29, 0.717) is 5.56 Å². The number of hydrogen-bond acceptors (Lipinski definition) is 1. The third-order valence-corrected chi connectivity index (χ3v) is 4.14. The van der Waals surface area contributed by atoms with Crippen LogP contribution in [0.15, 0.2) is 43.7 Å². The Morgan fingerprint density at radius 2 is 1.42 bits per heavy atom. The summed E-state index contributed by atoms with van der Waals surface area (Å²) < 4.78 is 29.1. The quantitative estimate of drug-likeness (QED) is 0.611. The van der Waals surface area contributed by atoms with E-state index in [1.165, 1.54) is 0 Å². The van der Waals surface area contributed by atoms with Gasteiger partial charge in [-0.2, -0.15) is 0 Å². The van der Waals surface area contributed by atoms with Crippen LogP contribution in [0.25, 0.3) is 0 Å². The molecule has 0 bridgehead atoms. The van der Waals surface area contributed by atoms with Crippen LogP contribution in [0, 0.1) is 11.6 Å². The Labute approximate surface area is 134 Å². The topological polar surface area (TPSA) is 26.0 Å². The fraction of sp³-hybridized carbons (Fsp3) is 0.0769. The van der Waals surface area contributed by atoms with Crippen LogP contribution < -0.4 is 5.73 Å². The Bertz CT molecular complexity index is 611. The summed E-state index contributed by atoms with van der Waals surface area (Å²) in [6, 6.07) is 6.84. The summed E-state index contributed by atoms with van der Waals surface area (Å²) in [7, 11) is 0. The van der Waals surface area contributed by atoms with Gasteiger partial charge in [0.25, 0.3) is 0 Å². The largest absolute Gasteiger partial charge is 0.320 e. The van der Waals surface area contributed by atoms with Crippen molar-refractivity contribution < 1.29 is 8.78 Å². The normalized spacial score (nSPS) is 12.5. The second-order valence-corrected chi connectivity index (χ2v) is 6.65. The van der Waals surface area contributed by atoms with E-state index in [2.05, 4.69) is 47.8 Å². The van der Waals surface area contributed by atoms with E-state index < -0.39 is 17.7 Å². The lowest BCUT2D eigenvalue weighted by Crippen LogP contribution is -2.14. The smallest absolute Gasteiger partial charge is 0.137 e. The van der Waals surface area contributed by atoms with Crippen molar-refractivity contribution in [2.45, 2.75) is 6.04 Å². The van der Waals surface area contributed by atoms with Crippen molar-refractivity contribution in [3.63, 3.8) is 0 Å². The summed E-state index contributed by atoms with van der Waals surface area (Å²) >= 11 is 9.61. The maximum absolute atomic E-state index is 13.9. The Morgan fingerprint density at radius 1 is 0.842 bits per heavy atom. The Balaban J connectivity index is 2.49. The minimum absolute atomic E-state index is 0.0800. The molecule has 0 aliphatic carbocycles. The van der Waals surface area contributed by atoms with Crippen LogP contribution >= 0.6 is 47.8 Å². The second-order valence-electron chi connectivity index (χ2n) is 3.97. The monoisotopic (exact) mass is 453 g/mol. The molecular weight excluding hydrogens is 448 g/mol. The molecule has 0 aliphatic heterocycles. The van der Waals surface area contributed by atoms with Crippen molar-refractivity contribution >= 4 is 47.8 Å². The highest BCUT2D eigenvalue weighted by molar-refractivity contribution is 9.11. The molecule has 2 N–H and O–H groups in total. The fourth-order valence-electron chi connectivity index (χ4n) is 1.71. The van der Waals surface area contributed by atoms with Crippen molar-refractivity contribution in [2.24, 2.45) is 5.73 Å². The Kier molecular flexibility index (Phi) is 4.76. The molecule has 0 spiro atoms. The third-order valence-electron chi connectivity index (χ3n) is 2.62. The van der Waals surface area contributed by atoms with Crippen LogP contribution in [0.3, 0.4) is 0 Å². The van der Waals surface area contributed by atoms with E-state index in [1.54, 1.807) is 12.1 Å². The van der Waals surface area contributed by atoms with Gasteiger partial charge in [-0.3, -0.25) is 0 Å². The average Bonchev–Trinajstić information content (AvgIpc) is 2.31. The first-order valence-corrected chi connectivity index (χ1v) is 7.62. The molecule has 0 radical (unpaired) electrons. The van der Waals surface area contributed by atoms with Crippen molar-refractivity contribution in [3.8, 4) is 0 Å². The molecule has 6 heteroatoms. The molecule has 1 nitrogen and oxygen atoms in total. The molecule has 2 aromatic carbocycles. The van der Waals surface area contributed by atoms with Gasteiger partial charge in [0.05, 0.1) is 10.5 Å². The summed E-state index contributed by atoms with van der Waals surface area (Å²) in [4.78, 5) is 0. The fourth-order valence-corrected chi connectivity index (χ4v) is 3.36. The molecule has 0 aliphatic rings. The zero-order valence-corrected chi connectivity index (χ0v) is 14.2. The summed E-state index contributed by atoms with van der Waals surface area (Å²) in [6.07, 6.45) is 0. The average molecular weight is 456 g/mol. The Hall–Kier alpha value is -0.300. The van der Waals surface area contributed by atoms with Gasteiger partial charge in [-0.25, -0.2) is 8.78 Å². The number of benzene rings is 2. The van der Waals surface area contributed by atoms with Gasteiger partial charge < -0.3 is 5.73 Å². The Morgan fingerprint density at radius 3 is 2.00 bits per heavy atom. The van der Waals surface area contributed by atoms with Gasteiger partial charge in [0.1, 0.15) is 11.6 Å². The van der Waals surface area contributed by atoms with Gasteiger partial charge in [0, 0.05) is 14.5 Å². The summed E-state index contributed by atoms with van der Waals surface area (Å²) in [6.45, 7) is 0. The van der Waals surface area contributed by atoms with E-state index in [4.69, 9.17) is 5.73 Å². The summed E-state index contributed by atoms with van der Waals surface area (Å²) in [5, 5.41) is 0. The van der Waals surface area contributed by atoms with Crippen LogP contribution in [0.1, 0.15) is 17.2 Å². The van der Waals surface area contributed by atoms with Gasteiger partial charge >= 0.3 is 0 Å². The second kappa shape index (κ2) is 5.99. The molecule has 0 fully saturated rings. The maximum atomic E-state index is 13.9. The van der Waals surface area contributed by atoms with Crippen molar-refractivity contribution in [2.75, 3.05) is 0 Å². The molecular formula is C13H8Br3F2N. The minimum Gasteiger partial charge on any atom is -0.320 e. The number of hydrogen-bond donors (Lipinski definition) is 1.